The maximum Gasteiger partial charge on any atom is 0.187 e. The third kappa shape index (κ3) is 6.18. The highest BCUT2D eigenvalue weighted by molar-refractivity contribution is 7.80. The quantitative estimate of drug-likeness (QED) is 0.377. The number of nitrogens with one attached hydrogen (secondary N) is 2. The summed E-state index contributed by atoms with van der Waals surface area (Å²) in [6.07, 6.45) is 5.02. The van der Waals surface area contributed by atoms with Gasteiger partial charge in [0.15, 0.2) is 5.11 Å². The first kappa shape index (κ1) is 14.4. The average Bonchev–Trinajstić information content (AvgIpc) is 2.37. The largest absolute Gasteiger partial charge is 0.358 e. The Hall–Kier alpha value is -1.65. The summed E-state index contributed by atoms with van der Waals surface area (Å²) in [7, 11) is 0. The van der Waals surface area contributed by atoms with Crippen LogP contribution in [0.5, 0.6) is 0 Å². The molecule has 0 radical (unpaired) electrons. The SMILES string of the molecule is C=CCNC(=S)N/N=C/C(Cl)=C/c1ccccc1. The van der Waals surface area contributed by atoms with Crippen LogP contribution in [0.25, 0.3) is 6.08 Å². The van der Waals surface area contributed by atoms with Gasteiger partial charge in [-0.3, -0.25) is 5.43 Å². The Balaban J connectivity index is 2.44. The summed E-state index contributed by atoms with van der Waals surface area (Å²) in [5.41, 5.74) is 3.67. The number of rotatable bonds is 5. The lowest BCUT2D eigenvalue weighted by atomic mass is 10.2. The zero-order chi connectivity index (χ0) is 13.2. The molecular weight excluding hydrogens is 266 g/mol. The Morgan fingerprint density at radius 1 is 1.39 bits per heavy atom. The first-order valence-electron chi connectivity index (χ1n) is 5.32. The summed E-state index contributed by atoms with van der Waals surface area (Å²) < 4.78 is 0. The second-order valence-corrected chi connectivity index (χ2v) is 4.15. The van der Waals surface area contributed by atoms with Crippen molar-refractivity contribution in [3.63, 3.8) is 0 Å². The molecule has 5 heteroatoms. The number of halogens is 1. The Morgan fingerprint density at radius 3 is 2.78 bits per heavy atom. The lowest BCUT2D eigenvalue weighted by molar-refractivity contribution is 0.942. The van der Waals surface area contributed by atoms with Gasteiger partial charge >= 0.3 is 0 Å². The van der Waals surface area contributed by atoms with Gasteiger partial charge in [-0.15, -0.1) is 6.58 Å². The van der Waals surface area contributed by atoms with Gasteiger partial charge in [0.25, 0.3) is 0 Å². The molecule has 0 aliphatic carbocycles. The second-order valence-electron chi connectivity index (χ2n) is 3.31. The van der Waals surface area contributed by atoms with E-state index in [4.69, 9.17) is 23.8 Å². The van der Waals surface area contributed by atoms with Gasteiger partial charge in [0.05, 0.1) is 11.2 Å². The number of hydrogen-bond donors (Lipinski definition) is 2. The molecule has 0 aliphatic rings. The molecule has 0 bridgehead atoms. The zero-order valence-corrected chi connectivity index (χ0v) is 11.3. The van der Waals surface area contributed by atoms with E-state index in [0.717, 1.165) is 5.56 Å². The normalized spacial score (nSPS) is 11.3. The van der Waals surface area contributed by atoms with Crippen molar-refractivity contribution in [2.24, 2.45) is 5.10 Å². The molecule has 0 aliphatic heterocycles. The van der Waals surface area contributed by atoms with Crippen LogP contribution in [0.15, 0.2) is 53.1 Å². The minimum atomic E-state index is 0.426. The second kappa shape index (κ2) is 8.44. The van der Waals surface area contributed by atoms with Crippen molar-refractivity contribution in [1.29, 1.82) is 0 Å². The van der Waals surface area contributed by atoms with E-state index in [-0.39, 0.29) is 0 Å². The molecule has 3 nitrogen and oxygen atoms in total. The number of allylic oxidation sites excluding steroid dienone is 1. The van der Waals surface area contributed by atoms with Crippen LogP contribution in [-0.2, 0) is 0 Å². The van der Waals surface area contributed by atoms with Crippen LogP contribution in [0.1, 0.15) is 5.56 Å². The molecule has 0 saturated heterocycles. The van der Waals surface area contributed by atoms with Gasteiger partial charge in [-0.2, -0.15) is 5.10 Å². The van der Waals surface area contributed by atoms with Crippen molar-refractivity contribution in [3.05, 3.63) is 53.6 Å². The van der Waals surface area contributed by atoms with Gasteiger partial charge in [0.2, 0.25) is 0 Å². The van der Waals surface area contributed by atoms with E-state index in [1.807, 2.05) is 36.4 Å². The maximum atomic E-state index is 6.00. The number of nitrogens with zero attached hydrogens (tertiary/aromatic N) is 1. The minimum absolute atomic E-state index is 0.426. The monoisotopic (exact) mass is 279 g/mol. The first-order chi connectivity index (χ1) is 8.72. The van der Waals surface area contributed by atoms with Gasteiger partial charge in [0.1, 0.15) is 0 Å². The lowest BCUT2D eigenvalue weighted by Crippen LogP contribution is -2.31. The van der Waals surface area contributed by atoms with Crippen LogP contribution in [-0.4, -0.2) is 17.9 Å². The molecule has 2 N–H and O–H groups in total. The van der Waals surface area contributed by atoms with Crippen molar-refractivity contribution in [2.45, 2.75) is 0 Å². The Bertz CT molecular complexity index is 455. The van der Waals surface area contributed by atoms with Crippen LogP contribution in [0.2, 0.25) is 0 Å². The van der Waals surface area contributed by atoms with Gasteiger partial charge < -0.3 is 5.32 Å². The molecule has 0 spiro atoms. The van der Waals surface area contributed by atoms with Crippen molar-refractivity contribution < 1.29 is 0 Å². The Kier molecular flexibility index (Phi) is 6.76. The van der Waals surface area contributed by atoms with E-state index in [9.17, 15) is 0 Å². The predicted octanol–water partition coefficient (Wildman–Crippen LogP) is 2.90. The molecule has 0 fully saturated rings. The van der Waals surface area contributed by atoms with Crippen molar-refractivity contribution in [2.75, 3.05) is 6.54 Å². The van der Waals surface area contributed by atoms with Crippen molar-refractivity contribution in [1.82, 2.24) is 10.7 Å². The molecule has 1 aromatic carbocycles. The molecule has 0 saturated carbocycles. The van der Waals surface area contributed by atoms with Crippen LogP contribution >= 0.6 is 23.8 Å². The highest BCUT2D eigenvalue weighted by atomic mass is 35.5. The lowest BCUT2D eigenvalue weighted by Gasteiger charge is -2.02. The predicted molar refractivity (Wildman–Crippen MR) is 82.7 cm³/mol. The fourth-order valence-electron chi connectivity index (χ4n) is 1.10. The molecular formula is C13H14ClN3S. The van der Waals surface area contributed by atoms with Crippen LogP contribution in [0, 0.1) is 0 Å². The fraction of sp³-hybridized carbons (Fsp3) is 0.0769. The highest BCUT2D eigenvalue weighted by Crippen LogP contribution is 2.07. The summed E-state index contributed by atoms with van der Waals surface area (Å²) in [5.74, 6) is 0. The molecule has 0 heterocycles. The number of benzene rings is 1. The highest BCUT2D eigenvalue weighted by Gasteiger charge is 1.91. The first-order valence-corrected chi connectivity index (χ1v) is 6.11. The van der Waals surface area contributed by atoms with E-state index in [0.29, 0.717) is 16.7 Å². The minimum Gasteiger partial charge on any atom is -0.358 e. The summed E-state index contributed by atoms with van der Waals surface area (Å²) in [5, 5.41) is 7.73. The Morgan fingerprint density at radius 2 is 2.11 bits per heavy atom. The zero-order valence-electron chi connectivity index (χ0n) is 9.77. The number of hydrazone groups is 1. The third-order valence-corrected chi connectivity index (χ3v) is 2.31. The van der Waals surface area contributed by atoms with Crippen molar-refractivity contribution >= 4 is 41.2 Å². The van der Waals surface area contributed by atoms with Gasteiger partial charge in [0, 0.05) is 6.54 Å². The molecule has 0 aromatic heterocycles. The molecule has 1 aromatic rings. The summed E-state index contributed by atoms with van der Waals surface area (Å²) >= 11 is 10.9. The maximum absolute atomic E-state index is 6.00. The topological polar surface area (TPSA) is 36.4 Å². The number of hydrogen-bond acceptors (Lipinski definition) is 2. The van der Waals surface area contributed by atoms with Gasteiger partial charge in [-0.05, 0) is 23.9 Å². The average molecular weight is 280 g/mol. The molecule has 1 rings (SSSR count). The van der Waals surface area contributed by atoms with Crippen LogP contribution in [0.4, 0.5) is 0 Å². The van der Waals surface area contributed by atoms with E-state index in [1.165, 1.54) is 6.21 Å². The summed E-state index contributed by atoms with van der Waals surface area (Å²) in [4.78, 5) is 0. The standard InChI is InChI=1S/C13H14ClN3S/c1-2-8-15-13(18)17-16-10-12(14)9-11-6-4-3-5-7-11/h2-7,9-10H,1,8H2,(H2,15,17,18)/b12-9-,16-10+. The van der Waals surface area contributed by atoms with E-state index in [1.54, 1.807) is 6.08 Å². The molecule has 0 atom stereocenters. The van der Waals surface area contributed by atoms with Gasteiger partial charge in [-0.25, -0.2) is 0 Å². The van der Waals surface area contributed by atoms with E-state index in [2.05, 4.69) is 22.4 Å². The molecule has 18 heavy (non-hydrogen) atoms. The van der Waals surface area contributed by atoms with Crippen molar-refractivity contribution in [3.8, 4) is 0 Å². The molecule has 0 amide bonds. The summed E-state index contributed by atoms with van der Waals surface area (Å²) in [6.45, 7) is 4.16. The number of thiocarbonyl (C=S) groups is 1. The van der Waals surface area contributed by atoms with Gasteiger partial charge in [-0.1, -0.05) is 48.0 Å². The smallest absolute Gasteiger partial charge is 0.187 e. The van der Waals surface area contributed by atoms with Crippen LogP contribution in [0.3, 0.4) is 0 Å². The van der Waals surface area contributed by atoms with E-state index < -0.39 is 0 Å². The van der Waals surface area contributed by atoms with E-state index >= 15 is 0 Å². The van der Waals surface area contributed by atoms with Crippen LogP contribution < -0.4 is 10.7 Å². The summed E-state index contributed by atoms with van der Waals surface area (Å²) in [6, 6.07) is 9.75. The molecule has 94 valence electrons. The Labute approximate surface area is 117 Å². The molecule has 0 unspecified atom stereocenters. The third-order valence-electron chi connectivity index (χ3n) is 1.87. The fourth-order valence-corrected chi connectivity index (χ4v) is 1.41.